The quantitative estimate of drug-likeness (QED) is 0.860. The van der Waals surface area contributed by atoms with Gasteiger partial charge in [0.15, 0.2) is 6.61 Å². The van der Waals surface area contributed by atoms with Crippen LogP contribution in [0.15, 0.2) is 42.5 Å². The largest absolute Gasteiger partial charge is 0.482 e. The van der Waals surface area contributed by atoms with Crippen LogP contribution in [0.2, 0.25) is 5.02 Å². The van der Waals surface area contributed by atoms with Gasteiger partial charge in [-0.05, 0) is 37.3 Å². The number of amides is 1. The summed E-state index contributed by atoms with van der Waals surface area (Å²) < 4.78 is 5.33. The van der Waals surface area contributed by atoms with Crippen LogP contribution < -0.4 is 10.1 Å². The number of carbonyl (C=O) groups excluding carboxylic acids is 2. The summed E-state index contributed by atoms with van der Waals surface area (Å²) in [5.41, 5.74) is 2.28. The zero-order valence-corrected chi connectivity index (χ0v) is 12.2. The fourth-order valence-corrected chi connectivity index (χ4v) is 1.93. The molecule has 0 aliphatic carbocycles. The van der Waals surface area contributed by atoms with Gasteiger partial charge in [0.25, 0.3) is 5.91 Å². The Balaban J connectivity index is 1.92. The van der Waals surface area contributed by atoms with E-state index in [-0.39, 0.29) is 12.5 Å². The van der Waals surface area contributed by atoms with E-state index >= 15 is 0 Å². The van der Waals surface area contributed by atoms with E-state index in [0.29, 0.717) is 28.3 Å². The summed E-state index contributed by atoms with van der Waals surface area (Å²) in [7, 11) is 0. The van der Waals surface area contributed by atoms with Crippen molar-refractivity contribution in [1.29, 1.82) is 0 Å². The van der Waals surface area contributed by atoms with Crippen LogP contribution in [0.5, 0.6) is 5.75 Å². The lowest BCUT2D eigenvalue weighted by Gasteiger charge is -2.09. The first-order valence-corrected chi connectivity index (χ1v) is 6.70. The maximum absolute atomic E-state index is 11.8. The molecule has 0 saturated carbocycles. The first kappa shape index (κ1) is 15.1. The van der Waals surface area contributed by atoms with Crippen molar-refractivity contribution in [1.82, 2.24) is 0 Å². The summed E-state index contributed by atoms with van der Waals surface area (Å²) in [4.78, 5) is 22.4. The number of ether oxygens (including phenoxy) is 1. The molecule has 5 heteroatoms. The predicted octanol–water partition coefficient (Wildman–Crippen LogP) is 3.48. The van der Waals surface area contributed by atoms with Gasteiger partial charge in [0.1, 0.15) is 12.0 Å². The highest BCUT2D eigenvalue weighted by molar-refractivity contribution is 6.32. The summed E-state index contributed by atoms with van der Waals surface area (Å²) in [6, 6.07) is 12.1. The Morgan fingerprint density at radius 2 is 1.95 bits per heavy atom. The molecular weight excluding hydrogens is 290 g/mol. The van der Waals surface area contributed by atoms with Gasteiger partial charge >= 0.3 is 0 Å². The number of nitrogens with one attached hydrogen (secondary N) is 1. The van der Waals surface area contributed by atoms with Crippen molar-refractivity contribution in [2.75, 3.05) is 11.9 Å². The minimum atomic E-state index is -0.283. The van der Waals surface area contributed by atoms with E-state index in [9.17, 15) is 9.59 Å². The van der Waals surface area contributed by atoms with Crippen LogP contribution in [0.1, 0.15) is 15.9 Å². The van der Waals surface area contributed by atoms with Crippen molar-refractivity contribution in [3.05, 3.63) is 58.6 Å². The fraction of sp³-hybridized carbons (Fsp3) is 0.125. The second-order valence-electron chi connectivity index (χ2n) is 4.51. The van der Waals surface area contributed by atoms with Gasteiger partial charge < -0.3 is 10.1 Å². The van der Waals surface area contributed by atoms with E-state index in [1.807, 2.05) is 31.2 Å². The number of hydrogen-bond donors (Lipinski definition) is 1. The molecule has 2 rings (SSSR count). The molecule has 2 aromatic rings. The lowest BCUT2D eigenvalue weighted by atomic mass is 10.2. The molecule has 0 aliphatic heterocycles. The van der Waals surface area contributed by atoms with Crippen molar-refractivity contribution in [3.8, 4) is 5.75 Å². The maximum Gasteiger partial charge on any atom is 0.262 e. The van der Waals surface area contributed by atoms with Crippen LogP contribution in [0.4, 0.5) is 5.69 Å². The van der Waals surface area contributed by atoms with Gasteiger partial charge in [0, 0.05) is 11.3 Å². The van der Waals surface area contributed by atoms with E-state index in [2.05, 4.69) is 5.32 Å². The molecule has 21 heavy (non-hydrogen) atoms. The van der Waals surface area contributed by atoms with Gasteiger partial charge in [-0.15, -0.1) is 0 Å². The van der Waals surface area contributed by atoms with E-state index in [1.165, 1.54) is 6.07 Å². The number of carbonyl (C=O) groups is 2. The zero-order valence-electron chi connectivity index (χ0n) is 11.4. The zero-order chi connectivity index (χ0) is 15.2. The molecule has 0 spiro atoms. The molecule has 0 unspecified atom stereocenters. The Morgan fingerprint density at radius 3 is 2.57 bits per heavy atom. The summed E-state index contributed by atoms with van der Waals surface area (Å²) in [5, 5.41) is 3.01. The molecule has 0 saturated heterocycles. The highest BCUT2D eigenvalue weighted by Crippen LogP contribution is 2.24. The second-order valence-corrected chi connectivity index (χ2v) is 4.92. The third-order valence-electron chi connectivity index (χ3n) is 2.79. The van der Waals surface area contributed by atoms with E-state index in [1.54, 1.807) is 12.1 Å². The number of aryl methyl sites for hydroxylation is 1. The van der Waals surface area contributed by atoms with E-state index < -0.39 is 0 Å². The summed E-state index contributed by atoms with van der Waals surface area (Å²) in [5.74, 6) is 0.0794. The second kappa shape index (κ2) is 6.90. The van der Waals surface area contributed by atoms with Crippen molar-refractivity contribution in [3.63, 3.8) is 0 Å². The van der Waals surface area contributed by atoms with Crippen LogP contribution in [-0.2, 0) is 4.79 Å². The van der Waals surface area contributed by atoms with Gasteiger partial charge in [-0.3, -0.25) is 9.59 Å². The molecule has 1 N–H and O–H groups in total. The molecule has 0 atom stereocenters. The Bertz CT molecular complexity index is 653. The van der Waals surface area contributed by atoms with E-state index in [0.717, 1.165) is 5.56 Å². The van der Waals surface area contributed by atoms with Gasteiger partial charge in [-0.25, -0.2) is 0 Å². The molecule has 0 aliphatic rings. The van der Waals surface area contributed by atoms with Crippen LogP contribution in [0.3, 0.4) is 0 Å². The van der Waals surface area contributed by atoms with Gasteiger partial charge in [0.2, 0.25) is 0 Å². The summed E-state index contributed by atoms with van der Waals surface area (Å²) in [6.45, 7) is 1.81. The molecule has 4 nitrogen and oxygen atoms in total. The predicted molar refractivity (Wildman–Crippen MR) is 82.1 cm³/mol. The standard InChI is InChI=1S/C16H14ClNO3/c1-11-2-5-13(6-3-11)18-16(20)10-21-15-7-4-12(9-19)8-14(15)17/h2-9H,10H2,1H3,(H,18,20). The summed E-state index contributed by atoms with van der Waals surface area (Å²) >= 11 is 5.95. The average Bonchev–Trinajstić information content (AvgIpc) is 2.48. The minimum absolute atomic E-state index is 0.159. The first-order valence-electron chi connectivity index (χ1n) is 6.32. The lowest BCUT2D eigenvalue weighted by Crippen LogP contribution is -2.20. The highest BCUT2D eigenvalue weighted by atomic mass is 35.5. The van der Waals surface area contributed by atoms with Gasteiger partial charge in [-0.2, -0.15) is 0 Å². The third-order valence-corrected chi connectivity index (χ3v) is 3.08. The van der Waals surface area contributed by atoms with Crippen LogP contribution in [0.25, 0.3) is 0 Å². The fourth-order valence-electron chi connectivity index (χ4n) is 1.68. The van der Waals surface area contributed by atoms with Crippen LogP contribution >= 0.6 is 11.6 Å². The number of benzene rings is 2. The number of halogens is 1. The Kier molecular flexibility index (Phi) is 4.95. The van der Waals surface area contributed by atoms with Crippen LogP contribution in [-0.4, -0.2) is 18.8 Å². The highest BCUT2D eigenvalue weighted by Gasteiger charge is 2.07. The molecule has 1 amide bonds. The number of aldehydes is 1. The van der Waals surface area contributed by atoms with Crippen molar-refractivity contribution < 1.29 is 14.3 Å². The topological polar surface area (TPSA) is 55.4 Å². The Hall–Kier alpha value is -2.33. The molecule has 0 heterocycles. The molecule has 0 aromatic heterocycles. The lowest BCUT2D eigenvalue weighted by molar-refractivity contribution is -0.118. The average molecular weight is 304 g/mol. The maximum atomic E-state index is 11.8. The first-order chi connectivity index (χ1) is 10.1. The summed E-state index contributed by atoms with van der Waals surface area (Å²) in [6.07, 6.45) is 0.694. The Morgan fingerprint density at radius 1 is 1.24 bits per heavy atom. The minimum Gasteiger partial charge on any atom is -0.482 e. The molecular formula is C16H14ClNO3. The number of rotatable bonds is 5. The molecule has 0 radical (unpaired) electrons. The van der Waals surface area contributed by atoms with E-state index in [4.69, 9.17) is 16.3 Å². The van der Waals surface area contributed by atoms with Crippen molar-refractivity contribution in [2.24, 2.45) is 0 Å². The van der Waals surface area contributed by atoms with Crippen molar-refractivity contribution >= 4 is 29.5 Å². The van der Waals surface area contributed by atoms with Crippen molar-refractivity contribution in [2.45, 2.75) is 6.92 Å². The Labute approximate surface area is 127 Å². The van der Waals surface area contributed by atoms with Crippen LogP contribution in [0, 0.1) is 6.92 Å². The molecule has 0 fully saturated rings. The monoisotopic (exact) mass is 303 g/mol. The van der Waals surface area contributed by atoms with Gasteiger partial charge in [-0.1, -0.05) is 29.3 Å². The molecule has 0 bridgehead atoms. The van der Waals surface area contributed by atoms with Gasteiger partial charge in [0.05, 0.1) is 5.02 Å². The smallest absolute Gasteiger partial charge is 0.262 e. The SMILES string of the molecule is Cc1ccc(NC(=O)COc2ccc(C=O)cc2Cl)cc1. The normalized spacial score (nSPS) is 10.0. The number of hydrogen-bond acceptors (Lipinski definition) is 3. The molecule has 2 aromatic carbocycles. The third kappa shape index (κ3) is 4.33. The number of anilines is 1. The molecule has 108 valence electrons.